The highest BCUT2D eigenvalue weighted by Gasteiger charge is 2.33. The first-order chi connectivity index (χ1) is 14.1. The van der Waals surface area contributed by atoms with Crippen LogP contribution < -0.4 is 9.64 Å². The number of nitrogens with zero attached hydrogens (tertiary/aromatic N) is 2. The molecule has 3 aromatic rings. The lowest BCUT2D eigenvalue weighted by Gasteiger charge is -2.19. The Bertz CT molecular complexity index is 1150. The minimum atomic E-state index is -0.174. The molecule has 0 fully saturated rings. The van der Waals surface area contributed by atoms with Crippen molar-refractivity contribution >= 4 is 39.4 Å². The molecule has 1 aliphatic heterocycles. The van der Waals surface area contributed by atoms with Gasteiger partial charge in [0.05, 0.1) is 12.8 Å². The van der Waals surface area contributed by atoms with Crippen LogP contribution in [0.2, 0.25) is 0 Å². The van der Waals surface area contributed by atoms with Gasteiger partial charge in [0.2, 0.25) is 0 Å². The van der Waals surface area contributed by atoms with Gasteiger partial charge in [-0.2, -0.15) is 0 Å². The summed E-state index contributed by atoms with van der Waals surface area (Å²) >= 11 is 3.59. The number of amides is 1. The predicted molar refractivity (Wildman–Crippen MR) is 120 cm³/mol. The molecule has 1 aliphatic rings. The standard InChI is InChI=1S/C24H19BrN2O2/c1-16-8-7-10-18(14-16)27-23(19-11-4-5-12-20(19)25)26-21(24(27)28)15-17-9-3-6-13-22(17)29-2/h3-15H,1-2H3/b21-15+. The molecule has 0 aliphatic carbocycles. The van der Waals surface area contributed by atoms with Gasteiger partial charge in [0, 0.05) is 15.6 Å². The number of halogens is 1. The van der Waals surface area contributed by atoms with Gasteiger partial charge in [0.25, 0.3) is 5.91 Å². The van der Waals surface area contributed by atoms with Crippen LogP contribution in [0.25, 0.3) is 6.08 Å². The highest BCUT2D eigenvalue weighted by molar-refractivity contribution is 9.10. The first-order valence-electron chi connectivity index (χ1n) is 9.18. The van der Waals surface area contributed by atoms with Crippen molar-refractivity contribution in [3.05, 3.63) is 99.7 Å². The molecule has 0 saturated heterocycles. The number of carbonyl (C=O) groups is 1. The fraction of sp³-hybridized carbons (Fsp3) is 0.0833. The van der Waals surface area contributed by atoms with Crippen LogP contribution in [0.3, 0.4) is 0 Å². The second-order valence-electron chi connectivity index (χ2n) is 6.67. The summed E-state index contributed by atoms with van der Waals surface area (Å²) in [7, 11) is 1.61. The third-order valence-corrected chi connectivity index (χ3v) is 5.36. The highest BCUT2D eigenvalue weighted by Crippen LogP contribution is 2.32. The number of hydrogen-bond acceptors (Lipinski definition) is 3. The van der Waals surface area contributed by atoms with Gasteiger partial charge in [-0.05, 0) is 42.8 Å². The third-order valence-electron chi connectivity index (χ3n) is 4.67. The molecule has 144 valence electrons. The molecule has 5 heteroatoms. The summed E-state index contributed by atoms with van der Waals surface area (Å²) in [5.74, 6) is 1.11. The molecule has 4 nitrogen and oxygen atoms in total. The van der Waals surface area contributed by atoms with E-state index in [2.05, 4.69) is 15.9 Å². The van der Waals surface area contributed by atoms with Crippen LogP contribution in [-0.4, -0.2) is 18.9 Å². The summed E-state index contributed by atoms with van der Waals surface area (Å²) in [4.78, 5) is 19.8. The molecular formula is C24H19BrN2O2. The Morgan fingerprint density at radius 3 is 2.52 bits per heavy atom. The van der Waals surface area contributed by atoms with Gasteiger partial charge in [-0.3, -0.25) is 9.69 Å². The molecule has 1 heterocycles. The summed E-state index contributed by atoms with van der Waals surface area (Å²) in [6.07, 6.45) is 1.77. The van der Waals surface area contributed by atoms with E-state index in [4.69, 9.17) is 9.73 Å². The van der Waals surface area contributed by atoms with Crippen LogP contribution in [0, 0.1) is 6.92 Å². The molecule has 3 aromatic carbocycles. The van der Waals surface area contributed by atoms with Gasteiger partial charge in [-0.15, -0.1) is 0 Å². The normalized spacial score (nSPS) is 15.0. The Hall–Kier alpha value is -3.18. The van der Waals surface area contributed by atoms with E-state index in [1.807, 2.05) is 79.7 Å². The Morgan fingerprint density at radius 1 is 1.00 bits per heavy atom. The van der Waals surface area contributed by atoms with Gasteiger partial charge in [-0.1, -0.05) is 64.5 Å². The van der Waals surface area contributed by atoms with Crippen molar-refractivity contribution in [3.63, 3.8) is 0 Å². The second-order valence-corrected chi connectivity index (χ2v) is 7.52. The molecule has 0 radical (unpaired) electrons. The average molecular weight is 447 g/mol. The fourth-order valence-corrected chi connectivity index (χ4v) is 3.74. The second kappa shape index (κ2) is 8.05. The number of benzene rings is 3. The van der Waals surface area contributed by atoms with Crippen LogP contribution in [0.15, 0.2) is 88.0 Å². The Labute approximate surface area is 178 Å². The molecular weight excluding hydrogens is 428 g/mol. The van der Waals surface area contributed by atoms with Crippen molar-refractivity contribution < 1.29 is 9.53 Å². The van der Waals surface area contributed by atoms with Gasteiger partial charge >= 0.3 is 0 Å². The summed E-state index contributed by atoms with van der Waals surface area (Å²) in [5.41, 5.74) is 3.88. The molecule has 0 saturated carbocycles. The van der Waals surface area contributed by atoms with Gasteiger partial charge in [0.1, 0.15) is 17.3 Å². The highest BCUT2D eigenvalue weighted by atomic mass is 79.9. The SMILES string of the molecule is COc1ccccc1/C=C1/N=C(c2ccccc2Br)N(c2cccc(C)c2)C1=O. The molecule has 1 amide bonds. The number of rotatable bonds is 4. The molecule has 0 atom stereocenters. The van der Waals surface area contributed by atoms with Crippen molar-refractivity contribution in [2.75, 3.05) is 12.0 Å². The topological polar surface area (TPSA) is 41.9 Å². The number of aryl methyl sites for hydroxylation is 1. The smallest absolute Gasteiger partial charge is 0.282 e. The van der Waals surface area contributed by atoms with E-state index in [9.17, 15) is 4.79 Å². The average Bonchev–Trinajstić information content (AvgIpc) is 3.04. The van der Waals surface area contributed by atoms with Crippen LogP contribution in [0.1, 0.15) is 16.7 Å². The maximum absolute atomic E-state index is 13.4. The Kier molecular flexibility index (Phi) is 5.32. The number of hydrogen-bond donors (Lipinski definition) is 0. The molecule has 0 aromatic heterocycles. The maximum Gasteiger partial charge on any atom is 0.282 e. The van der Waals surface area contributed by atoms with E-state index >= 15 is 0 Å². The fourth-order valence-electron chi connectivity index (χ4n) is 3.28. The number of carbonyl (C=O) groups excluding carboxylic acids is 1. The predicted octanol–water partition coefficient (Wildman–Crippen LogP) is 5.60. The molecule has 4 rings (SSSR count). The minimum Gasteiger partial charge on any atom is -0.496 e. The first kappa shape index (κ1) is 19.2. The minimum absolute atomic E-state index is 0.174. The number of amidine groups is 1. The van der Waals surface area contributed by atoms with Crippen molar-refractivity contribution in [3.8, 4) is 5.75 Å². The molecule has 0 bridgehead atoms. The number of aliphatic imine (C=N–C) groups is 1. The number of anilines is 1. The van der Waals surface area contributed by atoms with Crippen LogP contribution in [0.5, 0.6) is 5.75 Å². The summed E-state index contributed by atoms with van der Waals surface area (Å²) in [5, 5.41) is 0. The van der Waals surface area contributed by atoms with Gasteiger partial charge in [0.15, 0.2) is 0 Å². The van der Waals surface area contributed by atoms with Crippen molar-refractivity contribution in [2.45, 2.75) is 6.92 Å². The van der Waals surface area contributed by atoms with Crippen LogP contribution >= 0.6 is 15.9 Å². The summed E-state index contributed by atoms with van der Waals surface area (Å²) in [6, 6.07) is 23.2. The van der Waals surface area contributed by atoms with E-state index < -0.39 is 0 Å². The lowest BCUT2D eigenvalue weighted by atomic mass is 10.1. The van der Waals surface area contributed by atoms with E-state index in [1.165, 1.54) is 0 Å². The van der Waals surface area contributed by atoms with Gasteiger partial charge in [-0.25, -0.2) is 4.99 Å². The van der Waals surface area contributed by atoms with Gasteiger partial charge < -0.3 is 4.74 Å². The Balaban J connectivity index is 1.88. The molecule has 0 N–H and O–H groups in total. The molecule has 0 spiro atoms. The quantitative estimate of drug-likeness (QED) is 0.489. The summed E-state index contributed by atoms with van der Waals surface area (Å²) in [6.45, 7) is 2.00. The number of para-hydroxylation sites is 1. The van der Waals surface area contributed by atoms with Crippen molar-refractivity contribution in [1.29, 1.82) is 0 Å². The zero-order chi connectivity index (χ0) is 20.4. The third kappa shape index (κ3) is 3.74. The number of ether oxygens (including phenoxy) is 1. The van der Waals surface area contributed by atoms with Crippen LogP contribution in [-0.2, 0) is 4.79 Å². The van der Waals surface area contributed by atoms with E-state index in [0.717, 1.165) is 26.9 Å². The zero-order valence-electron chi connectivity index (χ0n) is 16.1. The first-order valence-corrected chi connectivity index (χ1v) is 9.97. The van der Waals surface area contributed by atoms with E-state index in [1.54, 1.807) is 18.1 Å². The largest absolute Gasteiger partial charge is 0.496 e. The zero-order valence-corrected chi connectivity index (χ0v) is 17.7. The number of methoxy groups -OCH3 is 1. The monoisotopic (exact) mass is 446 g/mol. The maximum atomic E-state index is 13.4. The van der Waals surface area contributed by atoms with E-state index in [-0.39, 0.29) is 5.91 Å². The molecule has 0 unspecified atom stereocenters. The van der Waals surface area contributed by atoms with Crippen LogP contribution in [0.4, 0.5) is 5.69 Å². The molecule has 29 heavy (non-hydrogen) atoms. The van der Waals surface area contributed by atoms with E-state index in [0.29, 0.717) is 17.3 Å². The Morgan fingerprint density at radius 2 is 1.76 bits per heavy atom. The van der Waals surface area contributed by atoms with Crippen molar-refractivity contribution in [1.82, 2.24) is 0 Å². The van der Waals surface area contributed by atoms with Crippen molar-refractivity contribution in [2.24, 2.45) is 4.99 Å². The lowest BCUT2D eigenvalue weighted by Crippen LogP contribution is -2.32. The summed E-state index contributed by atoms with van der Waals surface area (Å²) < 4.78 is 6.30. The lowest BCUT2D eigenvalue weighted by molar-refractivity contribution is -0.113.